The van der Waals surface area contributed by atoms with Crippen LogP contribution in [0.25, 0.3) is 5.69 Å². The van der Waals surface area contributed by atoms with Crippen molar-refractivity contribution in [2.75, 3.05) is 25.5 Å². The number of amides is 2. The van der Waals surface area contributed by atoms with Gasteiger partial charge in [0.25, 0.3) is 5.91 Å². The molecular weight excluding hydrogens is 508 g/mol. The lowest BCUT2D eigenvalue weighted by molar-refractivity contribution is -0.117. The van der Waals surface area contributed by atoms with Crippen LogP contribution in [0.5, 0.6) is 5.75 Å². The molecule has 2 amide bonds. The molecule has 35 heavy (non-hydrogen) atoms. The molecule has 1 heterocycles. The molecule has 1 aromatic heterocycles. The molecule has 0 aliphatic heterocycles. The Balaban J connectivity index is 1.86. The monoisotopic (exact) mass is 540 g/mol. The van der Waals surface area contributed by atoms with E-state index in [-0.39, 0.29) is 29.7 Å². The Bertz CT molecular complexity index is 1160. The van der Waals surface area contributed by atoms with Crippen LogP contribution < -0.4 is 10.1 Å². The fourth-order valence-corrected chi connectivity index (χ4v) is 3.81. The number of carbonyl (C=O) groups excluding carboxylic acids is 2. The summed E-state index contributed by atoms with van der Waals surface area (Å²) in [6, 6.07) is 16.5. The van der Waals surface area contributed by atoms with Gasteiger partial charge in [0.1, 0.15) is 18.1 Å². The number of rotatable bonds is 8. The minimum Gasteiger partial charge on any atom is -0.497 e. The SMILES string of the molecule is COc1ccc(-n2nc(C(C)(C)C)cc2NC(=O)CN(CC(C)C)C(=O)c2ccc(Br)cc2)cc1. The van der Waals surface area contributed by atoms with E-state index in [1.54, 1.807) is 28.8 Å². The third kappa shape index (κ3) is 6.94. The predicted octanol–water partition coefficient (Wildman–Crippen LogP) is 5.68. The number of methoxy groups -OCH3 is 1. The molecule has 186 valence electrons. The van der Waals surface area contributed by atoms with E-state index in [1.165, 1.54) is 0 Å². The molecule has 0 unspecified atom stereocenters. The van der Waals surface area contributed by atoms with Gasteiger partial charge in [0.05, 0.1) is 18.5 Å². The van der Waals surface area contributed by atoms with Crippen molar-refractivity contribution >= 4 is 33.6 Å². The summed E-state index contributed by atoms with van der Waals surface area (Å²) >= 11 is 3.39. The molecule has 3 aromatic rings. The van der Waals surface area contributed by atoms with Crippen LogP contribution in [-0.4, -0.2) is 46.7 Å². The second-order valence-electron chi connectivity index (χ2n) is 9.91. The number of hydrogen-bond acceptors (Lipinski definition) is 4. The van der Waals surface area contributed by atoms with Crippen LogP contribution in [0.3, 0.4) is 0 Å². The lowest BCUT2D eigenvalue weighted by Gasteiger charge is -2.24. The highest BCUT2D eigenvalue weighted by molar-refractivity contribution is 9.10. The maximum absolute atomic E-state index is 13.2. The van der Waals surface area contributed by atoms with Crippen LogP contribution in [0.4, 0.5) is 5.82 Å². The quantitative estimate of drug-likeness (QED) is 0.398. The van der Waals surface area contributed by atoms with Crippen LogP contribution in [-0.2, 0) is 10.2 Å². The molecule has 3 rings (SSSR count). The summed E-state index contributed by atoms with van der Waals surface area (Å²) in [5.74, 6) is 1.02. The summed E-state index contributed by atoms with van der Waals surface area (Å²) in [4.78, 5) is 27.9. The second kappa shape index (κ2) is 11.1. The van der Waals surface area contributed by atoms with Crippen molar-refractivity contribution in [2.24, 2.45) is 5.92 Å². The second-order valence-corrected chi connectivity index (χ2v) is 10.8. The third-order valence-electron chi connectivity index (χ3n) is 5.36. The number of carbonyl (C=O) groups is 2. The number of halogens is 1. The smallest absolute Gasteiger partial charge is 0.254 e. The highest BCUT2D eigenvalue weighted by atomic mass is 79.9. The van der Waals surface area contributed by atoms with Crippen molar-refractivity contribution in [3.8, 4) is 11.4 Å². The Kier molecular flexibility index (Phi) is 8.38. The van der Waals surface area contributed by atoms with Gasteiger partial charge in [-0.2, -0.15) is 5.10 Å². The molecule has 0 radical (unpaired) electrons. The first-order valence-electron chi connectivity index (χ1n) is 11.6. The van der Waals surface area contributed by atoms with E-state index < -0.39 is 0 Å². The van der Waals surface area contributed by atoms with Gasteiger partial charge >= 0.3 is 0 Å². The molecular formula is C27H33BrN4O3. The number of hydrogen-bond donors (Lipinski definition) is 1. The van der Waals surface area contributed by atoms with Crippen molar-refractivity contribution in [3.63, 3.8) is 0 Å². The van der Waals surface area contributed by atoms with Gasteiger partial charge in [-0.15, -0.1) is 0 Å². The summed E-state index contributed by atoms with van der Waals surface area (Å²) < 4.78 is 7.86. The molecule has 0 aliphatic carbocycles. The van der Waals surface area contributed by atoms with Crippen LogP contribution >= 0.6 is 15.9 Å². The van der Waals surface area contributed by atoms with Crippen LogP contribution in [0, 0.1) is 5.92 Å². The maximum Gasteiger partial charge on any atom is 0.254 e. The van der Waals surface area contributed by atoms with E-state index in [0.717, 1.165) is 21.6 Å². The predicted molar refractivity (Wildman–Crippen MR) is 142 cm³/mol. The zero-order chi connectivity index (χ0) is 25.8. The first-order chi connectivity index (χ1) is 16.5. The molecule has 0 aliphatic rings. The fraction of sp³-hybridized carbons (Fsp3) is 0.370. The van der Waals surface area contributed by atoms with Gasteiger partial charge in [0.15, 0.2) is 0 Å². The first kappa shape index (κ1) is 26.5. The summed E-state index contributed by atoms with van der Waals surface area (Å²) in [5.41, 5.74) is 1.97. The summed E-state index contributed by atoms with van der Waals surface area (Å²) in [7, 11) is 1.62. The average Bonchev–Trinajstić information content (AvgIpc) is 3.22. The first-order valence-corrected chi connectivity index (χ1v) is 12.4. The summed E-state index contributed by atoms with van der Waals surface area (Å²) in [5, 5.41) is 7.73. The normalized spacial score (nSPS) is 11.4. The number of anilines is 1. The molecule has 0 bridgehead atoms. The number of nitrogens with one attached hydrogen (secondary N) is 1. The standard InChI is InChI=1S/C27H33BrN4O3/c1-18(2)16-31(26(34)19-7-9-20(28)10-8-19)17-25(33)29-24-15-23(27(3,4)5)30-32(24)21-11-13-22(35-6)14-12-21/h7-15,18H,16-17H2,1-6H3,(H,29,33). The zero-order valence-corrected chi connectivity index (χ0v) is 22.7. The van der Waals surface area contributed by atoms with Crippen molar-refractivity contribution in [2.45, 2.75) is 40.0 Å². The van der Waals surface area contributed by atoms with Gasteiger partial charge in [-0.1, -0.05) is 50.5 Å². The number of nitrogens with zero attached hydrogens (tertiary/aromatic N) is 3. The summed E-state index contributed by atoms with van der Waals surface area (Å²) in [6.45, 7) is 10.7. The Hall–Kier alpha value is -3.13. The van der Waals surface area contributed by atoms with Crippen LogP contribution in [0.2, 0.25) is 0 Å². The lowest BCUT2D eigenvalue weighted by atomic mass is 9.92. The van der Waals surface area contributed by atoms with Crippen LogP contribution in [0.1, 0.15) is 50.7 Å². The average molecular weight is 541 g/mol. The van der Waals surface area contributed by atoms with Crippen molar-refractivity contribution in [3.05, 3.63) is 70.3 Å². The van der Waals surface area contributed by atoms with Gasteiger partial charge in [-0.3, -0.25) is 9.59 Å². The number of ether oxygens (including phenoxy) is 1. The molecule has 7 nitrogen and oxygen atoms in total. The molecule has 0 saturated heterocycles. The van der Waals surface area contributed by atoms with Gasteiger partial charge in [-0.25, -0.2) is 4.68 Å². The third-order valence-corrected chi connectivity index (χ3v) is 5.89. The van der Waals surface area contributed by atoms with Gasteiger partial charge in [-0.05, 0) is 54.4 Å². The summed E-state index contributed by atoms with van der Waals surface area (Å²) in [6.07, 6.45) is 0. The molecule has 0 atom stereocenters. The molecule has 0 spiro atoms. The van der Waals surface area contributed by atoms with E-state index >= 15 is 0 Å². The van der Waals surface area contributed by atoms with E-state index in [9.17, 15) is 9.59 Å². The van der Waals surface area contributed by atoms with Gasteiger partial charge in [0, 0.05) is 28.1 Å². The highest BCUT2D eigenvalue weighted by Crippen LogP contribution is 2.27. The lowest BCUT2D eigenvalue weighted by Crippen LogP contribution is -2.40. The Labute approximate surface area is 215 Å². The topological polar surface area (TPSA) is 76.5 Å². The van der Waals surface area contributed by atoms with Gasteiger partial charge in [0.2, 0.25) is 5.91 Å². The van der Waals surface area contributed by atoms with E-state index in [1.807, 2.05) is 56.3 Å². The minimum absolute atomic E-state index is 0.0638. The van der Waals surface area contributed by atoms with Crippen LogP contribution in [0.15, 0.2) is 59.1 Å². The van der Waals surface area contributed by atoms with Crippen molar-refractivity contribution < 1.29 is 14.3 Å². The largest absolute Gasteiger partial charge is 0.497 e. The van der Waals surface area contributed by atoms with E-state index in [2.05, 4.69) is 42.0 Å². The van der Waals surface area contributed by atoms with Crippen molar-refractivity contribution in [1.82, 2.24) is 14.7 Å². The van der Waals surface area contributed by atoms with Gasteiger partial charge < -0.3 is 15.0 Å². The fourth-order valence-electron chi connectivity index (χ4n) is 3.55. The molecule has 0 saturated carbocycles. The number of benzene rings is 2. The Morgan fingerprint density at radius 1 is 1.09 bits per heavy atom. The maximum atomic E-state index is 13.2. The highest BCUT2D eigenvalue weighted by Gasteiger charge is 2.24. The Morgan fingerprint density at radius 3 is 2.26 bits per heavy atom. The zero-order valence-electron chi connectivity index (χ0n) is 21.1. The van der Waals surface area contributed by atoms with Crippen molar-refractivity contribution in [1.29, 1.82) is 0 Å². The van der Waals surface area contributed by atoms with E-state index in [0.29, 0.717) is 17.9 Å². The Morgan fingerprint density at radius 2 is 1.71 bits per heavy atom. The molecule has 1 N–H and O–H groups in total. The van der Waals surface area contributed by atoms with E-state index in [4.69, 9.17) is 9.84 Å². The molecule has 0 fully saturated rings. The minimum atomic E-state index is -0.286. The number of aromatic nitrogens is 2. The molecule has 8 heteroatoms. The molecule has 2 aromatic carbocycles.